The van der Waals surface area contributed by atoms with Gasteiger partial charge < -0.3 is 14.7 Å². The first-order valence-corrected chi connectivity index (χ1v) is 10.4. The van der Waals surface area contributed by atoms with Gasteiger partial charge in [-0.1, -0.05) is 23.9 Å². The van der Waals surface area contributed by atoms with Crippen LogP contribution in [0.25, 0.3) is 0 Å². The zero-order valence-corrected chi connectivity index (χ0v) is 16.7. The molecule has 4 rings (SSSR count). The first-order chi connectivity index (χ1) is 14.5. The molecular weight excluding hydrogens is 414 g/mol. The molecule has 2 atom stereocenters. The Balaban J connectivity index is 1.52. The van der Waals surface area contributed by atoms with Gasteiger partial charge in [-0.3, -0.25) is 4.79 Å². The number of hydrogen-bond donors (Lipinski definition) is 1. The summed E-state index contributed by atoms with van der Waals surface area (Å²) < 4.78 is 32.5. The second-order valence-electron chi connectivity index (χ2n) is 7.09. The van der Waals surface area contributed by atoms with Crippen LogP contribution in [0.15, 0.2) is 23.4 Å². The third-order valence-corrected chi connectivity index (χ3v) is 6.08. The number of nitriles is 1. The number of aromatic hydroxyl groups is 1. The maximum atomic E-state index is 13.9. The minimum atomic E-state index is -0.945. The van der Waals surface area contributed by atoms with E-state index in [4.69, 9.17) is 4.74 Å². The van der Waals surface area contributed by atoms with Gasteiger partial charge in [0.25, 0.3) is 0 Å². The van der Waals surface area contributed by atoms with Crippen LogP contribution in [-0.2, 0) is 15.3 Å². The van der Waals surface area contributed by atoms with Crippen LogP contribution < -0.4 is 0 Å². The quantitative estimate of drug-likeness (QED) is 0.573. The second kappa shape index (κ2) is 8.53. The summed E-state index contributed by atoms with van der Waals surface area (Å²) >= 11 is 1.02. The fourth-order valence-corrected chi connectivity index (χ4v) is 4.30. The Morgan fingerprint density at radius 3 is 2.83 bits per heavy atom. The standard InChI is InChI=1S/C20H18F2N4O3S/c21-15-3-1-2-11(16(15)22)10-30-20-24-17(14(9-23)18(27)25-20)12-8-13(12)19(28)26-4-6-29-7-5-26/h1-3,12-13H,4-8,10H2,(H,24,25,27). The molecule has 10 heteroatoms. The molecule has 30 heavy (non-hydrogen) atoms. The number of nitrogens with zero attached hydrogens (tertiary/aromatic N) is 4. The molecule has 1 saturated heterocycles. The molecule has 2 aliphatic rings. The van der Waals surface area contributed by atoms with E-state index < -0.39 is 17.5 Å². The van der Waals surface area contributed by atoms with Gasteiger partial charge in [0.1, 0.15) is 11.6 Å². The molecule has 2 fully saturated rings. The summed E-state index contributed by atoms with van der Waals surface area (Å²) in [6, 6.07) is 5.79. The SMILES string of the molecule is N#Cc1c(O)nc(SCc2cccc(F)c2F)nc1C1CC1C(=O)N1CCOCC1. The Bertz CT molecular complexity index is 1020. The molecular formula is C20H18F2N4O3S. The monoisotopic (exact) mass is 432 g/mol. The highest BCUT2D eigenvalue weighted by atomic mass is 32.2. The van der Waals surface area contributed by atoms with Crippen molar-refractivity contribution in [3.05, 3.63) is 46.7 Å². The number of carbonyl (C=O) groups is 1. The van der Waals surface area contributed by atoms with Crippen LogP contribution in [0.1, 0.15) is 29.2 Å². The molecule has 1 amide bonds. The van der Waals surface area contributed by atoms with Crippen molar-refractivity contribution in [2.75, 3.05) is 26.3 Å². The van der Waals surface area contributed by atoms with Crippen molar-refractivity contribution in [3.8, 4) is 11.9 Å². The first-order valence-electron chi connectivity index (χ1n) is 9.42. The number of benzene rings is 1. The van der Waals surface area contributed by atoms with Crippen molar-refractivity contribution >= 4 is 17.7 Å². The Kier molecular flexibility index (Phi) is 5.83. The average Bonchev–Trinajstić information content (AvgIpc) is 3.55. The fraction of sp³-hybridized carbons (Fsp3) is 0.400. The molecule has 1 aromatic carbocycles. The molecule has 1 aliphatic heterocycles. The summed E-state index contributed by atoms with van der Waals surface area (Å²) in [6.45, 7) is 2.06. The highest BCUT2D eigenvalue weighted by Gasteiger charge is 2.48. The van der Waals surface area contributed by atoms with Gasteiger partial charge in [-0.25, -0.2) is 13.8 Å². The lowest BCUT2D eigenvalue weighted by Gasteiger charge is -2.27. The van der Waals surface area contributed by atoms with Gasteiger partial charge >= 0.3 is 0 Å². The summed E-state index contributed by atoms with van der Waals surface area (Å²) in [5.41, 5.74) is 0.401. The number of rotatable bonds is 5. The number of amides is 1. The average molecular weight is 432 g/mol. The van der Waals surface area contributed by atoms with Gasteiger partial charge in [0, 0.05) is 36.2 Å². The van der Waals surface area contributed by atoms with Gasteiger partial charge in [-0.05, 0) is 12.5 Å². The van der Waals surface area contributed by atoms with E-state index in [1.54, 1.807) is 4.90 Å². The van der Waals surface area contributed by atoms with Gasteiger partial charge in [0.15, 0.2) is 16.8 Å². The Hall–Kier alpha value is -2.77. The van der Waals surface area contributed by atoms with Gasteiger partial charge in [0.2, 0.25) is 11.8 Å². The van der Waals surface area contributed by atoms with Crippen LogP contribution in [-0.4, -0.2) is 52.2 Å². The lowest BCUT2D eigenvalue weighted by molar-refractivity contribution is -0.136. The molecule has 1 saturated carbocycles. The van der Waals surface area contributed by atoms with Crippen LogP contribution in [0, 0.1) is 28.9 Å². The first kappa shape index (κ1) is 20.5. The number of hydrogen-bond acceptors (Lipinski definition) is 7. The van der Waals surface area contributed by atoms with E-state index in [0.29, 0.717) is 38.4 Å². The molecule has 1 aromatic heterocycles. The third-order valence-electron chi connectivity index (χ3n) is 5.18. The van der Waals surface area contributed by atoms with E-state index in [2.05, 4.69) is 9.97 Å². The molecule has 0 spiro atoms. The summed E-state index contributed by atoms with van der Waals surface area (Å²) in [4.78, 5) is 22.7. The van der Waals surface area contributed by atoms with Crippen molar-refractivity contribution in [1.29, 1.82) is 5.26 Å². The van der Waals surface area contributed by atoms with E-state index in [9.17, 15) is 23.9 Å². The van der Waals surface area contributed by atoms with E-state index in [-0.39, 0.29) is 39.8 Å². The molecule has 1 aliphatic carbocycles. The summed E-state index contributed by atoms with van der Waals surface area (Å²) in [6.07, 6.45) is 0.532. The molecule has 1 N–H and O–H groups in total. The molecule has 7 nitrogen and oxygen atoms in total. The second-order valence-corrected chi connectivity index (χ2v) is 8.03. The molecule has 156 valence electrons. The van der Waals surface area contributed by atoms with Crippen LogP contribution in [0.5, 0.6) is 5.88 Å². The zero-order chi connectivity index (χ0) is 21.3. The van der Waals surface area contributed by atoms with Crippen LogP contribution in [0.2, 0.25) is 0 Å². The van der Waals surface area contributed by atoms with Crippen molar-refractivity contribution in [3.63, 3.8) is 0 Å². The van der Waals surface area contributed by atoms with Gasteiger partial charge in [0.05, 0.1) is 18.9 Å². The van der Waals surface area contributed by atoms with Gasteiger partial charge in [-0.15, -0.1) is 0 Å². The number of thioether (sulfide) groups is 1. The molecule has 0 bridgehead atoms. The van der Waals surface area contributed by atoms with Crippen LogP contribution >= 0.6 is 11.8 Å². The topological polar surface area (TPSA) is 99.3 Å². The Labute approximate surface area is 175 Å². The summed E-state index contributed by atoms with van der Waals surface area (Å²) in [5.74, 6) is -2.91. The van der Waals surface area contributed by atoms with Crippen molar-refractivity contribution < 1.29 is 23.4 Å². The van der Waals surface area contributed by atoms with Crippen LogP contribution in [0.4, 0.5) is 8.78 Å². The molecule has 2 heterocycles. The minimum absolute atomic E-state index is 0.0127. The largest absolute Gasteiger partial charge is 0.492 e. The Morgan fingerprint density at radius 2 is 2.10 bits per heavy atom. The molecule has 2 unspecified atom stereocenters. The van der Waals surface area contributed by atoms with Crippen molar-refractivity contribution in [2.45, 2.75) is 23.2 Å². The normalized spacial score (nSPS) is 20.6. The number of ether oxygens (including phenoxy) is 1. The predicted molar refractivity (Wildman–Crippen MR) is 103 cm³/mol. The fourth-order valence-electron chi connectivity index (χ4n) is 3.48. The maximum Gasteiger partial charge on any atom is 0.233 e. The van der Waals surface area contributed by atoms with E-state index in [0.717, 1.165) is 17.8 Å². The number of morpholine rings is 1. The van der Waals surface area contributed by atoms with Gasteiger partial charge in [-0.2, -0.15) is 10.2 Å². The van der Waals surface area contributed by atoms with Crippen LogP contribution in [0.3, 0.4) is 0 Å². The van der Waals surface area contributed by atoms with Crippen molar-refractivity contribution in [2.24, 2.45) is 5.92 Å². The molecule has 2 aromatic rings. The maximum absolute atomic E-state index is 13.9. The smallest absolute Gasteiger partial charge is 0.233 e. The summed E-state index contributed by atoms with van der Waals surface area (Å²) in [5, 5.41) is 19.7. The Morgan fingerprint density at radius 1 is 1.33 bits per heavy atom. The van der Waals surface area contributed by atoms with E-state index in [1.807, 2.05) is 6.07 Å². The third kappa shape index (κ3) is 4.08. The number of carbonyl (C=O) groups excluding carboxylic acids is 1. The lowest BCUT2D eigenvalue weighted by atomic mass is 10.1. The summed E-state index contributed by atoms with van der Waals surface area (Å²) in [7, 11) is 0. The minimum Gasteiger partial charge on any atom is -0.492 e. The highest BCUT2D eigenvalue weighted by molar-refractivity contribution is 7.98. The van der Waals surface area contributed by atoms with E-state index >= 15 is 0 Å². The molecule has 0 radical (unpaired) electrons. The highest BCUT2D eigenvalue weighted by Crippen LogP contribution is 2.50. The van der Waals surface area contributed by atoms with Crippen molar-refractivity contribution in [1.82, 2.24) is 14.9 Å². The number of halogens is 2. The van der Waals surface area contributed by atoms with E-state index in [1.165, 1.54) is 12.1 Å². The predicted octanol–water partition coefficient (Wildman–Crippen LogP) is 2.59. The number of aromatic nitrogens is 2. The zero-order valence-electron chi connectivity index (χ0n) is 15.8. The lowest BCUT2D eigenvalue weighted by Crippen LogP contribution is -2.41.